The molecule has 0 bridgehead atoms. The van der Waals surface area contributed by atoms with Crippen LogP contribution in [-0.4, -0.2) is 30.4 Å². The van der Waals surface area contributed by atoms with Crippen LogP contribution in [0.25, 0.3) is 33.4 Å². The topological polar surface area (TPSA) is 82.2 Å². The Bertz CT molecular complexity index is 1690. The Kier molecular flexibility index (Phi) is 8.08. The van der Waals surface area contributed by atoms with E-state index in [9.17, 15) is 4.79 Å². The largest absolute Gasteiger partial charge is 0.511 e. The predicted octanol–water partition coefficient (Wildman–Crippen LogP) is 8.51. The Morgan fingerprint density at radius 1 is 1.02 bits per heavy atom. The number of nitrogens with zero attached hydrogens (tertiary/aromatic N) is 4. The number of para-hydroxylation sites is 1. The van der Waals surface area contributed by atoms with Crippen LogP contribution < -0.4 is 4.74 Å². The van der Waals surface area contributed by atoms with E-state index in [0.29, 0.717) is 12.3 Å². The van der Waals surface area contributed by atoms with E-state index in [-0.39, 0.29) is 0 Å². The third-order valence-corrected chi connectivity index (χ3v) is 8.41. The second kappa shape index (κ2) is 12.2. The van der Waals surface area contributed by atoms with Crippen LogP contribution in [0.4, 0.5) is 4.79 Å². The Hall–Kier alpha value is -4.39. The van der Waals surface area contributed by atoms with Gasteiger partial charge in [0, 0.05) is 36.8 Å². The van der Waals surface area contributed by atoms with E-state index in [1.54, 1.807) is 12.1 Å². The van der Waals surface area contributed by atoms with Crippen LogP contribution in [0.15, 0.2) is 73.2 Å². The zero-order chi connectivity index (χ0) is 29.1. The molecule has 42 heavy (non-hydrogen) atoms. The van der Waals surface area contributed by atoms with Gasteiger partial charge in [-0.15, -0.1) is 0 Å². The summed E-state index contributed by atoms with van der Waals surface area (Å²) in [6, 6.07) is 19.9. The van der Waals surface area contributed by atoms with Crippen LogP contribution in [0, 0.1) is 12.8 Å². The standard InChI is InChI=1S/C35H38N4O3/c1-3-9-33-37-34-24(2)18-28(30-22-38(23-36-30)20-25-10-5-4-6-11-25)19-31(34)39(33)21-26-14-16-27(17-15-26)29-12-7-8-13-32(29)42-35(40)41/h7-8,12-19,22-23,25H,3-6,9-11,20-21H2,1-2H3,(H,40,41). The van der Waals surface area contributed by atoms with Gasteiger partial charge in [0.15, 0.2) is 0 Å². The van der Waals surface area contributed by atoms with Gasteiger partial charge in [0.1, 0.15) is 11.6 Å². The van der Waals surface area contributed by atoms with Gasteiger partial charge in [-0.25, -0.2) is 14.8 Å². The van der Waals surface area contributed by atoms with Gasteiger partial charge in [-0.05, 0) is 67.0 Å². The number of ether oxygens (including phenoxy) is 1. The van der Waals surface area contributed by atoms with E-state index in [1.807, 2.05) is 30.6 Å². The van der Waals surface area contributed by atoms with Crippen molar-refractivity contribution in [1.29, 1.82) is 0 Å². The van der Waals surface area contributed by atoms with E-state index in [0.717, 1.165) is 75.7 Å². The van der Waals surface area contributed by atoms with E-state index < -0.39 is 6.16 Å². The summed E-state index contributed by atoms with van der Waals surface area (Å²) in [6.45, 7) is 6.07. The van der Waals surface area contributed by atoms with Crippen LogP contribution in [0.5, 0.6) is 5.75 Å². The minimum atomic E-state index is -1.32. The van der Waals surface area contributed by atoms with Crippen LogP contribution >= 0.6 is 0 Å². The minimum Gasteiger partial charge on any atom is -0.449 e. The second-order valence-corrected chi connectivity index (χ2v) is 11.5. The summed E-state index contributed by atoms with van der Waals surface area (Å²) in [6.07, 6.45) is 11.5. The molecule has 0 atom stereocenters. The maximum absolute atomic E-state index is 11.2. The lowest BCUT2D eigenvalue weighted by molar-refractivity contribution is 0.144. The van der Waals surface area contributed by atoms with Crippen molar-refractivity contribution in [2.45, 2.75) is 71.9 Å². The summed E-state index contributed by atoms with van der Waals surface area (Å²) in [5.74, 6) is 2.17. The van der Waals surface area contributed by atoms with Gasteiger partial charge in [-0.3, -0.25) is 0 Å². The molecule has 0 spiro atoms. The Morgan fingerprint density at radius 2 is 1.81 bits per heavy atom. The van der Waals surface area contributed by atoms with Gasteiger partial charge in [0.25, 0.3) is 0 Å². The fourth-order valence-electron chi connectivity index (χ4n) is 6.32. The first-order valence-corrected chi connectivity index (χ1v) is 15.1. The summed E-state index contributed by atoms with van der Waals surface area (Å²) in [5.41, 5.74) is 8.25. The Labute approximate surface area is 246 Å². The van der Waals surface area contributed by atoms with Crippen molar-refractivity contribution in [1.82, 2.24) is 19.1 Å². The predicted molar refractivity (Wildman–Crippen MR) is 166 cm³/mol. The number of hydrogen-bond donors (Lipinski definition) is 1. The molecule has 1 aliphatic rings. The third-order valence-electron chi connectivity index (χ3n) is 8.41. The summed E-state index contributed by atoms with van der Waals surface area (Å²) < 4.78 is 9.61. The van der Waals surface area contributed by atoms with Crippen LogP contribution in [-0.2, 0) is 19.5 Å². The molecule has 3 aromatic carbocycles. The zero-order valence-electron chi connectivity index (χ0n) is 24.4. The highest BCUT2D eigenvalue weighted by Crippen LogP contribution is 2.32. The number of benzene rings is 3. The number of aryl methyl sites for hydroxylation is 2. The van der Waals surface area contributed by atoms with Crippen molar-refractivity contribution in [2.75, 3.05) is 0 Å². The number of fused-ring (bicyclic) bond motifs is 1. The number of aromatic nitrogens is 4. The first-order valence-electron chi connectivity index (χ1n) is 15.1. The van der Waals surface area contributed by atoms with Gasteiger partial charge in [-0.2, -0.15) is 0 Å². The fourth-order valence-corrected chi connectivity index (χ4v) is 6.32. The number of carbonyl (C=O) groups is 1. The molecule has 0 aliphatic heterocycles. The maximum Gasteiger partial charge on any atom is 0.511 e. The average molecular weight is 563 g/mol. The zero-order valence-corrected chi connectivity index (χ0v) is 24.4. The molecule has 5 aromatic rings. The molecule has 2 aromatic heterocycles. The average Bonchev–Trinajstić information content (AvgIpc) is 3.59. The summed E-state index contributed by atoms with van der Waals surface area (Å²) in [7, 11) is 0. The number of carboxylic acid groups (broad SMARTS) is 1. The molecule has 1 aliphatic carbocycles. The molecule has 0 radical (unpaired) electrons. The first-order chi connectivity index (χ1) is 20.5. The highest BCUT2D eigenvalue weighted by Gasteiger charge is 2.18. The highest BCUT2D eigenvalue weighted by molar-refractivity contribution is 5.85. The molecule has 2 heterocycles. The first kappa shape index (κ1) is 27.8. The molecule has 0 amide bonds. The molecular formula is C35H38N4O3. The van der Waals surface area contributed by atoms with Crippen LogP contribution in [0.3, 0.4) is 0 Å². The number of imidazole rings is 2. The molecular weight excluding hydrogens is 524 g/mol. The van der Waals surface area contributed by atoms with Gasteiger partial charge in [0.05, 0.1) is 23.1 Å². The van der Waals surface area contributed by atoms with E-state index in [4.69, 9.17) is 19.8 Å². The van der Waals surface area contributed by atoms with Gasteiger partial charge < -0.3 is 19.0 Å². The quantitative estimate of drug-likeness (QED) is 0.144. The van der Waals surface area contributed by atoms with Crippen molar-refractivity contribution in [3.05, 3.63) is 90.1 Å². The summed E-state index contributed by atoms with van der Waals surface area (Å²) in [5, 5.41) is 9.13. The number of hydrogen-bond acceptors (Lipinski definition) is 4. The molecule has 1 saturated carbocycles. The molecule has 216 valence electrons. The SMILES string of the molecule is CCCc1nc2c(C)cc(-c3cn(CC4CCCCC4)cn3)cc2n1Cc1ccc(-c2ccccc2OC(=O)O)cc1. The minimum absolute atomic E-state index is 0.327. The van der Waals surface area contributed by atoms with Crippen molar-refractivity contribution in [3.63, 3.8) is 0 Å². The summed E-state index contributed by atoms with van der Waals surface area (Å²) in [4.78, 5) is 21.1. The molecule has 0 saturated heterocycles. The smallest absolute Gasteiger partial charge is 0.449 e. The highest BCUT2D eigenvalue weighted by atomic mass is 16.7. The maximum atomic E-state index is 11.2. The van der Waals surface area contributed by atoms with Crippen molar-refractivity contribution in [2.24, 2.45) is 5.92 Å². The lowest BCUT2D eigenvalue weighted by Crippen LogP contribution is -2.12. The van der Waals surface area contributed by atoms with Crippen molar-refractivity contribution in [3.8, 4) is 28.1 Å². The van der Waals surface area contributed by atoms with Gasteiger partial charge in [-0.1, -0.05) is 68.7 Å². The molecule has 7 heteroatoms. The van der Waals surface area contributed by atoms with Crippen LogP contribution in [0.2, 0.25) is 0 Å². The van der Waals surface area contributed by atoms with E-state index in [1.165, 1.54) is 32.1 Å². The van der Waals surface area contributed by atoms with Crippen molar-refractivity contribution < 1.29 is 14.6 Å². The molecule has 7 nitrogen and oxygen atoms in total. The monoisotopic (exact) mass is 562 g/mol. The summed E-state index contributed by atoms with van der Waals surface area (Å²) >= 11 is 0. The second-order valence-electron chi connectivity index (χ2n) is 11.5. The van der Waals surface area contributed by atoms with E-state index >= 15 is 0 Å². The lowest BCUT2D eigenvalue weighted by Gasteiger charge is -2.21. The molecule has 1 N–H and O–H groups in total. The lowest BCUT2D eigenvalue weighted by atomic mass is 9.89. The van der Waals surface area contributed by atoms with Crippen LogP contribution in [0.1, 0.15) is 62.4 Å². The number of rotatable bonds is 9. The van der Waals surface area contributed by atoms with Gasteiger partial charge >= 0.3 is 6.16 Å². The van der Waals surface area contributed by atoms with Gasteiger partial charge in [0.2, 0.25) is 0 Å². The van der Waals surface area contributed by atoms with E-state index in [2.05, 4.69) is 53.4 Å². The third kappa shape index (κ3) is 5.96. The van der Waals surface area contributed by atoms with Crippen molar-refractivity contribution >= 4 is 17.2 Å². The molecule has 1 fully saturated rings. The Morgan fingerprint density at radius 3 is 2.57 bits per heavy atom. The normalized spacial score (nSPS) is 14.0. The molecule has 0 unspecified atom stereocenters. The fraction of sp³-hybridized carbons (Fsp3) is 0.343. The molecule has 6 rings (SSSR count). The Balaban J connectivity index is 1.30.